The highest BCUT2D eigenvalue weighted by Gasteiger charge is 2.41. The van der Waals surface area contributed by atoms with E-state index in [0.717, 1.165) is 0 Å². The van der Waals surface area contributed by atoms with E-state index in [1.54, 1.807) is 12.1 Å². The standard InChI is InChI=1S/C17H17FN2O4S/c18-12-3-1-2-11(8-12)17(4-6-24-7-5-17)16(23)19-9-14-20-13(10-25-14)15(21)22/h1-3,8,10H,4-7,9H2,(H,19,23)(H,21,22). The summed E-state index contributed by atoms with van der Waals surface area (Å²) >= 11 is 1.17. The molecule has 2 N–H and O–H groups in total. The van der Waals surface area contributed by atoms with Crippen molar-refractivity contribution in [1.82, 2.24) is 10.3 Å². The molecule has 0 bridgehead atoms. The summed E-state index contributed by atoms with van der Waals surface area (Å²) in [5.74, 6) is -1.72. The lowest BCUT2D eigenvalue weighted by Gasteiger charge is -2.36. The predicted octanol–water partition coefficient (Wildman–Crippen LogP) is 2.35. The number of carbonyl (C=O) groups is 2. The van der Waals surface area contributed by atoms with Gasteiger partial charge in [0.15, 0.2) is 5.69 Å². The lowest BCUT2D eigenvalue weighted by atomic mass is 9.73. The van der Waals surface area contributed by atoms with Crippen LogP contribution in [0.3, 0.4) is 0 Å². The molecule has 1 aromatic carbocycles. The average molecular weight is 364 g/mol. The molecule has 132 valence electrons. The molecule has 1 aliphatic heterocycles. The van der Waals surface area contributed by atoms with Gasteiger partial charge in [-0.05, 0) is 30.5 Å². The average Bonchev–Trinajstić information content (AvgIpc) is 3.09. The monoisotopic (exact) mass is 364 g/mol. The van der Waals surface area contributed by atoms with E-state index in [0.29, 0.717) is 36.6 Å². The van der Waals surface area contributed by atoms with Gasteiger partial charge in [-0.2, -0.15) is 0 Å². The number of rotatable bonds is 5. The zero-order valence-corrected chi connectivity index (χ0v) is 14.1. The highest BCUT2D eigenvalue weighted by atomic mass is 32.1. The lowest BCUT2D eigenvalue weighted by molar-refractivity contribution is -0.130. The highest BCUT2D eigenvalue weighted by molar-refractivity contribution is 7.09. The van der Waals surface area contributed by atoms with Crippen LogP contribution in [0.1, 0.15) is 33.9 Å². The first-order valence-electron chi connectivity index (χ1n) is 7.81. The minimum atomic E-state index is -1.10. The van der Waals surface area contributed by atoms with Crippen molar-refractivity contribution < 1.29 is 23.8 Å². The molecule has 0 unspecified atom stereocenters. The van der Waals surface area contributed by atoms with Crippen LogP contribution in [-0.4, -0.2) is 35.2 Å². The molecule has 0 aliphatic carbocycles. The minimum absolute atomic E-state index is 0.0415. The van der Waals surface area contributed by atoms with Crippen LogP contribution < -0.4 is 5.32 Å². The predicted molar refractivity (Wildman–Crippen MR) is 89.1 cm³/mol. The number of nitrogens with zero attached hydrogens (tertiary/aromatic N) is 1. The number of nitrogens with one attached hydrogen (secondary N) is 1. The number of thiazole rings is 1. The molecule has 1 aromatic heterocycles. The van der Waals surface area contributed by atoms with Gasteiger partial charge in [-0.1, -0.05) is 12.1 Å². The fraction of sp³-hybridized carbons (Fsp3) is 0.353. The van der Waals surface area contributed by atoms with Gasteiger partial charge in [-0.15, -0.1) is 11.3 Å². The first-order valence-corrected chi connectivity index (χ1v) is 8.69. The van der Waals surface area contributed by atoms with Gasteiger partial charge in [-0.3, -0.25) is 4.79 Å². The summed E-state index contributed by atoms with van der Waals surface area (Å²) in [5.41, 5.74) is -0.272. The third-order valence-corrected chi connectivity index (χ3v) is 5.18. The Morgan fingerprint density at radius 1 is 1.36 bits per heavy atom. The largest absolute Gasteiger partial charge is 0.476 e. The summed E-state index contributed by atoms with van der Waals surface area (Å²) in [6.45, 7) is 0.976. The fourth-order valence-corrected chi connectivity index (χ4v) is 3.68. The van der Waals surface area contributed by atoms with Gasteiger partial charge in [0.1, 0.15) is 10.8 Å². The number of aromatic nitrogens is 1. The second-order valence-electron chi connectivity index (χ2n) is 5.82. The van der Waals surface area contributed by atoms with Crippen LogP contribution in [0.5, 0.6) is 0 Å². The molecule has 8 heteroatoms. The zero-order chi connectivity index (χ0) is 17.9. The molecule has 0 atom stereocenters. The molecule has 6 nitrogen and oxygen atoms in total. The summed E-state index contributed by atoms with van der Waals surface area (Å²) in [7, 11) is 0. The molecule has 2 heterocycles. The number of aromatic carboxylic acids is 1. The SMILES string of the molecule is O=C(O)c1csc(CNC(=O)C2(c3cccc(F)c3)CCOCC2)n1. The number of ether oxygens (including phenoxy) is 1. The van der Waals surface area contributed by atoms with Crippen molar-refractivity contribution >= 4 is 23.2 Å². The van der Waals surface area contributed by atoms with E-state index < -0.39 is 11.4 Å². The second-order valence-corrected chi connectivity index (χ2v) is 6.76. The van der Waals surface area contributed by atoms with Crippen molar-refractivity contribution in [2.24, 2.45) is 0 Å². The Morgan fingerprint density at radius 2 is 2.12 bits per heavy atom. The molecule has 25 heavy (non-hydrogen) atoms. The first-order chi connectivity index (χ1) is 12.0. The van der Waals surface area contributed by atoms with Crippen LogP contribution in [-0.2, 0) is 21.5 Å². The van der Waals surface area contributed by atoms with Crippen LogP contribution in [0.15, 0.2) is 29.6 Å². The minimum Gasteiger partial charge on any atom is -0.476 e. The molecule has 1 fully saturated rings. The lowest BCUT2D eigenvalue weighted by Crippen LogP contribution is -2.47. The summed E-state index contributed by atoms with van der Waals surface area (Å²) in [6, 6.07) is 6.07. The van der Waals surface area contributed by atoms with Gasteiger partial charge in [0.05, 0.1) is 12.0 Å². The summed E-state index contributed by atoms with van der Waals surface area (Å²) in [4.78, 5) is 27.7. The van der Waals surface area contributed by atoms with Gasteiger partial charge in [0.25, 0.3) is 0 Å². The van der Waals surface area contributed by atoms with Crippen LogP contribution in [0, 0.1) is 5.82 Å². The summed E-state index contributed by atoms with van der Waals surface area (Å²) in [6.07, 6.45) is 0.918. The van der Waals surface area contributed by atoms with Crippen molar-refractivity contribution in [2.45, 2.75) is 24.8 Å². The first kappa shape index (κ1) is 17.5. The van der Waals surface area contributed by atoms with Gasteiger partial charge in [-0.25, -0.2) is 14.2 Å². The van der Waals surface area contributed by atoms with Crippen LogP contribution >= 0.6 is 11.3 Å². The van der Waals surface area contributed by atoms with E-state index in [4.69, 9.17) is 9.84 Å². The Morgan fingerprint density at radius 3 is 2.76 bits per heavy atom. The fourth-order valence-electron chi connectivity index (χ4n) is 2.97. The molecule has 1 amide bonds. The smallest absolute Gasteiger partial charge is 0.355 e. The molecule has 0 radical (unpaired) electrons. The maximum Gasteiger partial charge on any atom is 0.355 e. The maximum absolute atomic E-state index is 13.7. The number of halogens is 1. The van der Waals surface area contributed by atoms with Gasteiger partial charge in [0, 0.05) is 18.6 Å². The van der Waals surface area contributed by atoms with Crippen molar-refractivity contribution in [3.05, 3.63) is 51.7 Å². The number of benzene rings is 1. The van der Waals surface area contributed by atoms with E-state index in [-0.39, 0.29) is 24.0 Å². The second kappa shape index (κ2) is 7.28. The van der Waals surface area contributed by atoms with Crippen LogP contribution in [0.4, 0.5) is 4.39 Å². The van der Waals surface area contributed by atoms with Crippen molar-refractivity contribution in [3.63, 3.8) is 0 Å². The number of carbonyl (C=O) groups excluding carboxylic acids is 1. The Balaban J connectivity index is 1.78. The van der Waals surface area contributed by atoms with Crippen LogP contribution in [0.2, 0.25) is 0 Å². The van der Waals surface area contributed by atoms with Gasteiger partial charge < -0.3 is 15.2 Å². The number of amides is 1. The summed E-state index contributed by atoms with van der Waals surface area (Å²) < 4.78 is 19.0. The number of carboxylic acid groups (broad SMARTS) is 1. The molecule has 2 aromatic rings. The molecular formula is C17H17FN2O4S. The van der Waals surface area contributed by atoms with E-state index in [9.17, 15) is 14.0 Å². The quantitative estimate of drug-likeness (QED) is 0.850. The Labute approximate surface area is 147 Å². The molecule has 1 saturated heterocycles. The molecular weight excluding hydrogens is 347 g/mol. The maximum atomic E-state index is 13.7. The van der Waals surface area contributed by atoms with Gasteiger partial charge >= 0.3 is 5.97 Å². The van der Waals surface area contributed by atoms with E-state index in [1.807, 2.05) is 0 Å². The molecule has 0 saturated carbocycles. The number of hydrogen-bond donors (Lipinski definition) is 2. The van der Waals surface area contributed by atoms with E-state index >= 15 is 0 Å². The Bertz CT molecular complexity index is 786. The molecule has 0 spiro atoms. The Kier molecular flexibility index (Phi) is 5.10. The number of hydrogen-bond acceptors (Lipinski definition) is 5. The number of carboxylic acids is 1. The van der Waals surface area contributed by atoms with E-state index in [2.05, 4.69) is 10.3 Å². The van der Waals surface area contributed by atoms with Gasteiger partial charge in [0.2, 0.25) is 5.91 Å². The van der Waals surface area contributed by atoms with E-state index in [1.165, 1.54) is 28.8 Å². The third kappa shape index (κ3) is 3.69. The zero-order valence-electron chi connectivity index (χ0n) is 13.3. The Hall–Kier alpha value is -2.32. The van der Waals surface area contributed by atoms with Crippen molar-refractivity contribution in [3.8, 4) is 0 Å². The van der Waals surface area contributed by atoms with Crippen molar-refractivity contribution in [1.29, 1.82) is 0 Å². The van der Waals surface area contributed by atoms with Crippen LogP contribution in [0.25, 0.3) is 0 Å². The van der Waals surface area contributed by atoms with Crippen molar-refractivity contribution in [2.75, 3.05) is 13.2 Å². The topological polar surface area (TPSA) is 88.5 Å². The highest BCUT2D eigenvalue weighted by Crippen LogP contribution is 2.35. The molecule has 3 rings (SSSR count). The third-order valence-electron chi connectivity index (χ3n) is 4.33. The summed E-state index contributed by atoms with van der Waals surface area (Å²) in [5, 5.41) is 13.7. The normalized spacial score (nSPS) is 16.4. The molecule has 1 aliphatic rings.